The number of esters is 2. The molecular weight excluding hydrogens is 1000 g/mol. The fourth-order valence-electron chi connectivity index (χ4n) is 16.5. The Kier molecular flexibility index (Phi) is 17.0. The molecule has 4 saturated carbocycles. The predicted octanol–water partition coefficient (Wildman–Crippen LogP) is -0.822. The lowest BCUT2D eigenvalue weighted by molar-refractivity contribution is -0.396. The molecule has 22 heteroatoms. The van der Waals surface area contributed by atoms with E-state index in [4.69, 9.17) is 42.6 Å². The van der Waals surface area contributed by atoms with E-state index in [1.807, 2.05) is 6.92 Å². The number of carbonyl (C=O) groups is 2. The lowest BCUT2D eigenvalue weighted by Crippen LogP contribution is -2.68. The van der Waals surface area contributed by atoms with Gasteiger partial charge in [-0.05, 0) is 98.7 Å². The van der Waals surface area contributed by atoms with E-state index in [1.165, 1.54) is 12.5 Å². The van der Waals surface area contributed by atoms with Crippen molar-refractivity contribution < 1.29 is 108 Å². The number of hydrogen-bond acceptors (Lipinski definition) is 22. The number of fused-ring (bicyclic) bond motifs is 7. The van der Waals surface area contributed by atoms with Crippen molar-refractivity contribution in [3.05, 3.63) is 11.6 Å². The molecule has 434 valence electrons. The molecule has 0 aromatic heterocycles. The fourth-order valence-corrected chi connectivity index (χ4v) is 16.5. The van der Waals surface area contributed by atoms with Crippen molar-refractivity contribution in [2.24, 2.45) is 63.1 Å². The van der Waals surface area contributed by atoms with Gasteiger partial charge in [0.1, 0.15) is 79.4 Å². The Hall–Kier alpha value is -2.04. The second-order valence-corrected chi connectivity index (χ2v) is 25.4. The van der Waals surface area contributed by atoms with Gasteiger partial charge in [0, 0.05) is 24.2 Å². The number of carbonyl (C=O) groups excluding carboxylic acids is 2. The van der Waals surface area contributed by atoms with E-state index in [9.17, 15) is 65.8 Å². The minimum atomic E-state index is -1.92. The van der Waals surface area contributed by atoms with Gasteiger partial charge in [0.15, 0.2) is 18.9 Å². The Balaban J connectivity index is 0.956. The summed E-state index contributed by atoms with van der Waals surface area (Å²) in [6, 6.07) is 0. The predicted molar refractivity (Wildman–Crippen MR) is 260 cm³/mol. The largest absolute Gasteiger partial charge is 0.465 e. The summed E-state index contributed by atoms with van der Waals surface area (Å²) in [5.74, 6) is -0.717. The Morgan fingerprint density at radius 2 is 1.26 bits per heavy atom. The van der Waals surface area contributed by atoms with Crippen molar-refractivity contribution in [2.75, 3.05) is 33.0 Å². The standard InChI is InChI=1S/C54H86O22/c1-22(23(2)69-24(3)59)47(67)68-20-27-36-26-16-51(4,5)46(27)70-29(36)15-28-25(26)9-10-33-52(28,6)13-11-34-53(33,7)14-12-35(54(34,8)21-58)74-50-45(76-49-42(65)40(63)38(61)31(18-56)72-49)43(66)44(32(19-57)73-50)75-48-41(64)39(62)37(60)30(17-55)71-48/h9,22-23,26-46,48-50,55-58,60-66H,10-21H2,1-8H3/t22?,23?,26?,27?,28?,29-,30-,31-,32-,33?,34?,35?,36?,37-,38-,39+,40+,41-,42-,43+,44-,45-,46-,48?,49?,50?,52+,53-,54-/m1/s1. The van der Waals surface area contributed by atoms with Crippen molar-refractivity contribution in [1.82, 2.24) is 0 Å². The topological polar surface area (TPSA) is 340 Å². The molecule has 76 heavy (non-hydrogen) atoms. The highest BCUT2D eigenvalue weighted by molar-refractivity contribution is 5.73. The van der Waals surface area contributed by atoms with Crippen molar-refractivity contribution in [2.45, 2.75) is 217 Å². The van der Waals surface area contributed by atoms with Crippen LogP contribution in [-0.4, -0.2) is 218 Å². The molecular formula is C54H86O22. The zero-order chi connectivity index (χ0) is 55.3. The molecule has 0 aromatic rings. The Morgan fingerprint density at radius 1 is 0.684 bits per heavy atom. The average molecular weight is 1090 g/mol. The van der Waals surface area contributed by atoms with E-state index in [0.29, 0.717) is 12.8 Å². The fraction of sp³-hybridized carbons (Fsp3) is 0.926. The van der Waals surface area contributed by atoms with Crippen LogP contribution in [0, 0.1) is 63.1 Å². The van der Waals surface area contributed by atoms with Crippen molar-refractivity contribution in [1.29, 1.82) is 0 Å². The number of aliphatic hydroxyl groups is 11. The average Bonchev–Trinajstić information content (AvgIpc) is 3.79. The highest BCUT2D eigenvalue weighted by atomic mass is 16.8. The first kappa shape index (κ1) is 58.6. The molecule has 0 radical (unpaired) electrons. The summed E-state index contributed by atoms with van der Waals surface area (Å²) in [4.78, 5) is 24.9. The summed E-state index contributed by atoms with van der Waals surface area (Å²) < 4.78 is 55.1. The van der Waals surface area contributed by atoms with Crippen LogP contribution in [0.2, 0.25) is 0 Å². The summed E-state index contributed by atoms with van der Waals surface area (Å²) >= 11 is 0. The third-order valence-electron chi connectivity index (χ3n) is 20.7. The lowest BCUT2D eigenvalue weighted by atomic mass is 9.37. The van der Waals surface area contributed by atoms with Crippen molar-refractivity contribution >= 4 is 11.9 Å². The van der Waals surface area contributed by atoms with Gasteiger partial charge in [0.05, 0.1) is 57.3 Å². The second kappa shape index (κ2) is 22.0. The SMILES string of the molecule is CC(=O)OC(C)C(C)C(=O)OCC1C2C3CC(C)(C)[C@@H]1O[C@@H]2CC1C3=CCC2[C@@]3(C)CCC(OC4O[C@H](CO)[C@@H](OC5O[C@H](CO)[C@@H](O)[C@H](O)[C@H]5O)[C@H](O)[C@H]4OC4O[C@H](CO)[C@@H](O)[C@H](O)[C@H]4O)[C@](C)(CO)C3CC[C@@]12C. The van der Waals surface area contributed by atoms with Crippen LogP contribution in [-0.2, 0) is 52.2 Å². The van der Waals surface area contributed by atoms with Crippen LogP contribution in [0.15, 0.2) is 11.6 Å². The molecule has 11 N–H and O–H groups in total. The number of aliphatic hydroxyl groups excluding tert-OH is 11. The normalized spacial score (nSPS) is 51.3. The molecule has 22 nitrogen and oxygen atoms in total. The molecule has 8 fully saturated rings. The summed E-state index contributed by atoms with van der Waals surface area (Å²) in [5, 5.41) is 119. The van der Waals surface area contributed by atoms with E-state index in [1.54, 1.807) is 13.8 Å². The summed E-state index contributed by atoms with van der Waals surface area (Å²) in [5.41, 5.74) is -0.0702. The van der Waals surface area contributed by atoms with Crippen LogP contribution >= 0.6 is 0 Å². The second-order valence-electron chi connectivity index (χ2n) is 25.4. The maximum Gasteiger partial charge on any atom is 0.312 e. The van der Waals surface area contributed by atoms with E-state index < -0.39 is 147 Å². The van der Waals surface area contributed by atoms with Crippen LogP contribution in [0.4, 0.5) is 0 Å². The highest BCUT2D eigenvalue weighted by Gasteiger charge is 2.69. The lowest BCUT2D eigenvalue weighted by Gasteiger charge is -2.68. The maximum absolute atomic E-state index is 13.3. The molecule has 9 rings (SSSR count). The summed E-state index contributed by atoms with van der Waals surface area (Å²) in [6.45, 7) is 13.5. The zero-order valence-corrected chi connectivity index (χ0v) is 45.0. The van der Waals surface area contributed by atoms with Gasteiger partial charge in [-0.2, -0.15) is 0 Å². The van der Waals surface area contributed by atoms with E-state index in [2.05, 4.69) is 33.8 Å². The third-order valence-corrected chi connectivity index (χ3v) is 20.7. The molecule has 5 aliphatic carbocycles. The Bertz CT molecular complexity index is 2090. The molecule has 12 unspecified atom stereocenters. The number of hydrogen-bond donors (Lipinski definition) is 11. The molecule has 2 bridgehead atoms. The minimum absolute atomic E-state index is 0.00471. The zero-order valence-electron chi connectivity index (χ0n) is 45.0. The molecule has 0 spiro atoms. The molecule has 9 aliphatic rings. The monoisotopic (exact) mass is 1090 g/mol. The molecule has 0 amide bonds. The van der Waals surface area contributed by atoms with Gasteiger partial charge in [0.25, 0.3) is 0 Å². The molecule has 4 aliphatic heterocycles. The van der Waals surface area contributed by atoms with Gasteiger partial charge in [-0.3, -0.25) is 9.59 Å². The van der Waals surface area contributed by atoms with Crippen LogP contribution < -0.4 is 0 Å². The molecule has 0 aromatic carbocycles. The van der Waals surface area contributed by atoms with Crippen molar-refractivity contribution in [3.63, 3.8) is 0 Å². The van der Waals surface area contributed by atoms with Gasteiger partial charge in [0.2, 0.25) is 0 Å². The van der Waals surface area contributed by atoms with Gasteiger partial charge in [-0.15, -0.1) is 0 Å². The first-order valence-corrected chi connectivity index (χ1v) is 27.6. The smallest absolute Gasteiger partial charge is 0.312 e. The Labute approximate surface area is 443 Å². The molecule has 29 atom stereocenters. The summed E-state index contributed by atoms with van der Waals surface area (Å²) in [7, 11) is 0. The third kappa shape index (κ3) is 9.83. The van der Waals surface area contributed by atoms with E-state index >= 15 is 0 Å². The Morgan fingerprint density at radius 3 is 1.84 bits per heavy atom. The summed E-state index contributed by atoms with van der Waals surface area (Å²) in [6.07, 6.45) is -19.4. The first-order chi connectivity index (χ1) is 35.8. The van der Waals surface area contributed by atoms with Crippen LogP contribution in [0.3, 0.4) is 0 Å². The van der Waals surface area contributed by atoms with Crippen LogP contribution in [0.5, 0.6) is 0 Å². The van der Waals surface area contributed by atoms with E-state index in [0.717, 1.165) is 32.1 Å². The number of allylic oxidation sites excluding steroid dienone is 2. The van der Waals surface area contributed by atoms with Crippen LogP contribution in [0.1, 0.15) is 100 Å². The maximum atomic E-state index is 13.3. The van der Waals surface area contributed by atoms with Crippen LogP contribution in [0.25, 0.3) is 0 Å². The van der Waals surface area contributed by atoms with Crippen molar-refractivity contribution in [3.8, 4) is 0 Å². The van der Waals surface area contributed by atoms with Gasteiger partial charge < -0.3 is 98.8 Å². The van der Waals surface area contributed by atoms with Gasteiger partial charge >= 0.3 is 11.9 Å². The quantitative estimate of drug-likeness (QED) is 0.0542. The highest BCUT2D eigenvalue weighted by Crippen LogP contribution is 2.72. The molecule has 4 saturated heterocycles. The number of ether oxygens (including phenoxy) is 9. The number of rotatable bonds is 15. The molecule has 4 heterocycles. The van der Waals surface area contributed by atoms with Gasteiger partial charge in [-0.1, -0.05) is 46.3 Å². The first-order valence-electron chi connectivity index (χ1n) is 27.6. The van der Waals surface area contributed by atoms with E-state index in [-0.39, 0.29) is 77.2 Å². The van der Waals surface area contributed by atoms with Gasteiger partial charge in [-0.25, -0.2) is 0 Å². The minimum Gasteiger partial charge on any atom is -0.465 e.